The molecule has 2 atom stereocenters. The van der Waals surface area contributed by atoms with E-state index in [-0.39, 0.29) is 42.9 Å². The van der Waals surface area contributed by atoms with E-state index >= 15 is 0 Å². The standard InChI is InChI=1S/C16H30N2O3.2ClH/c1-4-21-15(20)16(17(2)3)9-11-18(12-10-16)13-7-5-6-8-14(13)19;;/h13-14,19H,4-12H2,1-3H3;2*1H/t13-,14-;;/m1../s1. The molecule has 7 heteroatoms. The van der Waals surface area contributed by atoms with Crippen LogP contribution >= 0.6 is 24.8 Å². The maximum Gasteiger partial charge on any atom is 0.326 e. The fourth-order valence-electron chi connectivity index (χ4n) is 3.84. The lowest BCUT2D eigenvalue weighted by atomic mass is 9.83. The molecular weight excluding hydrogens is 339 g/mol. The van der Waals surface area contributed by atoms with Gasteiger partial charge in [-0.1, -0.05) is 12.8 Å². The van der Waals surface area contributed by atoms with Crippen LogP contribution in [0.2, 0.25) is 0 Å². The Bertz CT molecular complexity index is 361. The lowest BCUT2D eigenvalue weighted by Crippen LogP contribution is -2.60. The topological polar surface area (TPSA) is 53.0 Å². The van der Waals surface area contributed by atoms with E-state index in [0.717, 1.165) is 45.2 Å². The molecule has 1 aliphatic heterocycles. The molecule has 0 aromatic heterocycles. The minimum atomic E-state index is -0.494. The van der Waals surface area contributed by atoms with Crippen molar-refractivity contribution in [1.29, 1.82) is 0 Å². The zero-order valence-electron chi connectivity index (χ0n) is 14.5. The number of hydrogen-bond donors (Lipinski definition) is 1. The number of carbonyl (C=O) groups is 1. The minimum absolute atomic E-state index is 0. The molecule has 0 radical (unpaired) electrons. The van der Waals surface area contributed by atoms with Crippen molar-refractivity contribution < 1.29 is 14.6 Å². The average Bonchev–Trinajstić information content (AvgIpc) is 2.48. The Kier molecular flexibility index (Phi) is 10.0. The smallest absolute Gasteiger partial charge is 0.326 e. The molecule has 0 aromatic carbocycles. The number of likely N-dealkylation sites (N-methyl/N-ethyl adjacent to an activating group) is 1. The number of carbonyl (C=O) groups excluding carboxylic acids is 1. The molecule has 138 valence electrons. The molecule has 5 nitrogen and oxygen atoms in total. The molecule has 1 aliphatic carbocycles. The van der Waals surface area contributed by atoms with Gasteiger partial charge in [0.15, 0.2) is 0 Å². The summed E-state index contributed by atoms with van der Waals surface area (Å²) in [4.78, 5) is 16.8. The molecular formula is C16H32Cl2N2O3. The van der Waals surface area contributed by atoms with Crippen molar-refractivity contribution in [1.82, 2.24) is 9.80 Å². The highest BCUT2D eigenvalue weighted by Gasteiger charge is 2.46. The van der Waals surface area contributed by atoms with Gasteiger partial charge in [-0.15, -0.1) is 24.8 Å². The molecule has 0 unspecified atom stereocenters. The van der Waals surface area contributed by atoms with Gasteiger partial charge in [-0.3, -0.25) is 14.6 Å². The van der Waals surface area contributed by atoms with Gasteiger partial charge in [0.25, 0.3) is 0 Å². The van der Waals surface area contributed by atoms with Crippen LogP contribution in [0, 0.1) is 0 Å². The van der Waals surface area contributed by atoms with Gasteiger partial charge < -0.3 is 9.84 Å². The number of likely N-dealkylation sites (tertiary alicyclic amines) is 1. The van der Waals surface area contributed by atoms with E-state index < -0.39 is 5.54 Å². The third-order valence-electron chi connectivity index (χ3n) is 5.30. The molecule has 23 heavy (non-hydrogen) atoms. The maximum absolute atomic E-state index is 12.4. The van der Waals surface area contributed by atoms with E-state index in [1.807, 2.05) is 25.9 Å². The SMILES string of the molecule is CCOC(=O)C1(N(C)C)CCN([C@@H]2CCCC[C@H]2O)CC1.Cl.Cl. The predicted octanol–water partition coefficient (Wildman–Crippen LogP) is 2.09. The third-order valence-corrected chi connectivity index (χ3v) is 5.30. The Morgan fingerprint density at radius 1 is 1.22 bits per heavy atom. The van der Waals surface area contributed by atoms with Crippen molar-refractivity contribution in [2.75, 3.05) is 33.8 Å². The number of halogens is 2. The van der Waals surface area contributed by atoms with E-state index in [2.05, 4.69) is 4.90 Å². The van der Waals surface area contributed by atoms with Crippen molar-refractivity contribution in [3.63, 3.8) is 0 Å². The fourth-order valence-corrected chi connectivity index (χ4v) is 3.84. The van der Waals surface area contributed by atoms with E-state index in [9.17, 15) is 9.90 Å². The number of aliphatic hydroxyl groups is 1. The Labute approximate surface area is 152 Å². The van der Waals surface area contributed by atoms with Gasteiger partial charge in [-0.25, -0.2) is 0 Å². The van der Waals surface area contributed by atoms with E-state index in [4.69, 9.17) is 4.74 Å². The van der Waals surface area contributed by atoms with Crippen LogP contribution in [-0.2, 0) is 9.53 Å². The summed E-state index contributed by atoms with van der Waals surface area (Å²) >= 11 is 0. The molecule has 0 bridgehead atoms. The lowest BCUT2D eigenvalue weighted by Gasteiger charge is -2.47. The van der Waals surface area contributed by atoms with Gasteiger partial charge in [-0.05, 0) is 46.7 Å². The van der Waals surface area contributed by atoms with Gasteiger partial charge >= 0.3 is 5.97 Å². The molecule has 1 N–H and O–H groups in total. The first-order valence-corrected chi connectivity index (χ1v) is 8.28. The molecule has 1 saturated heterocycles. The molecule has 2 fully saturated rings. The number of nitrogens with zero attached hydrogens (tertiary/aromatic N) is 2. The van der Waals surface area contributed by atoms with Crippen molar-refractivity contribution in [3.8, 4) is 0 Å². The van der Waals surface area contributed by atoms with Crippen molar-refractivity contribution >= 4 is 30.8 Å². The number of esters is 1. The van der Waals surface area contributed by atoms with Gasteiger partial charge in [0.2, 0.25) is 0 Å². The number of piperidine rings is 1. The summed E-state index contributed by atoms with van der Waals surface area (Å²) in [6, 6.07) is 0.279. The summed E-state index contributed by atoms with van der Waals surface area (Å²) in [6.07, 6.45) is 5.69. The highest BCUT2D eigenvalue weighted by molar-refractivity contribution is 5.85. The number of aliphatic hydroxyl groups excluding tert-OH is 1. The number of hydrogen-bond acceptors (Lipinski definition) is 5. The predicted molar refractivity (Wildman–Crippen MR) is 96.6 cm³/mol. The first-order valence-electron chi connectivity index (χ1n) is 8.28. The number of ether oxygens (including phenoxy) is 1. The molecule has 0 amide bonds. The highest BCUT2D eigenvalue weighted by atomic mass is 35.5. The Hall–Kier alpha value is -0.0700. The van der Waals surface area contributed by atoms with Crippen LogP contribution in [0.15, 0.2) is 0 Å². The summed E-state index contributed by atoms with van der Waals surface area (Å²) in [6.45, 7) is 4.01. The van der Waals surface area contributed by atoms with Gasteiger partial charge in [0, 0.05) is 19.1 Å². The van der Waals surface area contributed by atoms with Crippen LogP contribution in [0.25, 0.3) is 0 Å². The fraction of sp³-hybridized carbons (Fsp3) is 0.938. The summed E-state index contributed by atoms with van der Waals surface area (Å²) < 4.78 is 5.30. The molecule has 0 spiro atoms. The van der Waals surface area contributed by atoms with Gasteiger partial charge in [0.1, 0.15) is 5.54 Å². The monoisotopic (exact) mass is 370 g/mol. The zero-order valence-corrected chi connectivity index (χ0v) is 16.1. The van der Waals surface area contributed by atoms with Crippen molar-refractivity contribution in [2.24, 2.45) is 0 Å². The summed E-state index contributed by atoms with van der Waals surface area (Å²) in [7, 11) is 3.92. The van der Waals surface area contributed by atoms with E-state index in [1.165, 1.54) is 6.42 Å². The van der Waals surface area contributed by atoms with Crippen LogP contribution in [0.1, 0.15) is 45.4 Å². The largest absolute Gasteiger partial charge is 0.465 e. The zero-order chi connectivity index (χ0) is 15.5. The first kappa shape index (κ1) is 22.9. The van der Waals surface area contributed by atoms with Crippen LogP contribution in [0.5, 0.6) is 0 Å². The van der Waals surface area contributed by atoms with Crippen LogP contribution in [0.4, 0.5) is 0 Å². The Morgan fingerprint density at radius 2 is 1.78 bits per heavy atom. The normalized spacial score (nSPS) is 27.7. The van der Waals surface area contributed by atoms with E-state index in [1.54, 1.807) is 0 Å². The second-order valence-corrected chi connectivity index (χ2v) is 6.60. The maximum atomic E-state index is 12.4. The highest BCUT2D eigenvalue weighted by Crippen LogP contribution is 2.32. The summed E-state index contributed by atoms with van der Waals surface area (Å²) in [5.41, 5.74) is -0.494. The van der Waals surface area contributed by atoms with Gasteiger partial charge in [0.05, 0.1) is 12.7 Å². The molecule has 1 heterocycles. The quantitative estimate of drug-likeness (QED) is 0.767. The summed E-state index contributed by atoms with van der Waals surface area (Å²) in [5, 5.41) is 10.2. The third kappa shape index (κ3) is 4.95. The van der Waals surface area contributed by atoms with Gasteiger partial charge in [-0.2, -0.15) is 0 Å². The van der Waals surface area contributed by atoms with Crippen LogP contribution in [0.3, 0.4) is 0 Å². The van der Waals surface area contributed by atoms with Crippen LogP contribution < -0.4 is 0 Å². The van der Waals surface area contributed by atoms with Crippen LogP contribution in [-0.4, -0.2) is 72.4 Å². The second-order valence-electron chi connectivity index (χ2n) is 6.60. The number of rotatable bonds is 4. The Balaban J connectivity index is 0.00000242. The minimum Gasteiger partial charge on any atom is -0.465 e. The second kappa shape index (κ2) is 10.0. The summed E-state index contributed by atoms with van der Waals surface area (Å²) in [5.74, 6) is -0.0983. The average molecular weight is 371 g/mol. The van der Waals surface area contributed by atoms with Crippen molar-refractivity contribution in [2.45, 2.75) is 63.1 Å². The molecule has 1 saturated carbocycles. The first-order chi connectivity index (χ1) is 10.0. The van der Waals surface area contributed by atoms with Crippen molar-refractivity contribution in [3.05, 3.63) is 0 Å². The molecule has 2 rings (SSSR count). The van der Waals surface area contributed by atoms with E-state index in [0.29, 0.717) is 6.61 Å². The molecule has 2 aliphatic rings. The lowest BCUT2D eigenvalue weighted by molar-refractivity contribution is -0.160. The Morgan fingerprint density at radius 3 is 2.26 bits per heavy atom. The molecule has 0 aromatic rings.